The molecule has 0 aliphatic carbocycles. The van der Waals surface area contributed by atoms with Gasteiger partial charge < -0.3 is 19.1 Å². The van der Waals surface area contributed by atoms with Gasteiger partial charge in [0, 0.05) is 47.1 Å². The average Bonchev–Trinajstić information content (AvgIpc) is 3.39. The van der Waals surface area contributed by atoms with E-state index in [1.54, 1.807) is 0 Å². The van der Waals surface area contributed by atoms with Crippen molar-refractivity contribution in [2.75, 3.05) is 13.2 Å². The summed E-state index contributed by atoms with van der Waals surface area (Å²) in [5.41, 5.74) is 7.19. The topological polar surface area (TPSA) is 78.5 Å². The van der Waals surface area contributed by atoms with Crippen LogP contribution in [0.25, 0.3) is 32.8 Å². The average molecular weight is 572 g/mol. The number of halogens is 1. The summed E-state index contributed by atoms with van der Waals surface area (Å²) >= 11 is 6.27. The Morgan fingerprint density at radius 2 is 1.98 bits per heavy atom. The summed E-state index contributed by atoms with van der Waals surface area (Å²) in [7, 11) is 1.94. The number of carbonyl (C=O) groups is 1. The van der Waals surface area contributed by atoms with Gasteiger partial charge in [0.25, 0.3) is 0 Å². The van der Waals surface area contributed by atoms with E-state index in [2.05, 4.69) is 12.1 Å². The Kier molecular flexibility index (Phi) is 7.49. The number of ether oxygens (including phenoxy) is 2. The van der Waals surface area contributed by atoms with Crippen LogP contribution in [0.2, 0.25) is 5.02 Å². The number of aryl methyl sites for hydroxylation is 5. The third-order valence-corrected chi connectivity index (χ3v) is 8.31. The first-order valence-corrected chi connectivity index (χ1v) is 14.5. The van der Waals surface area contributed by atoms with Crippen LogP contribution in [0.1, 0.15) is 52.3 Å². The van der Waals surface area contributed by atoms with E-state index in [0.717, 1.165) is 73.9 Å². The minimum Gasteiger partial charge on any atom is -0.493 e. The van der Waals surface area contributed by atoms with Gasteiger partial charge in [0.1, 0.15) is 11.4 Å². The molecule has 0 atom stereocenters. The number of hydrogen-bond donors (Lipinski definition) is 1. The lowest BCUT2D eigenvalue weighted by atomic mass is 9.98. The highest BCUT2D eigenvalue weighted by Gasteiger charge is 2.27. The van der Waals surface area contributed by atoms with Crippen molar-refractivity contribution in [2.45, 2.75) is 52.7 Å². The molecule has 1 N–H and O–H groups in total. The quantitative estimate of drug-likeness (QED) is 0.214. The number of aromatic nitrogens is 3. The number of nitrogens with zero attached hydrogens (tertiary/aromatic N) is 3. The molecule has 2 aromatic heterocycles. The number of hydrogen-bond acceptors (Lipinski definition) is 4. The van der Waals surface area contributed by atoms with E-state index >= 15 is 0 Å². The fourth-order valence-corrected chi connectivity index (χ4v) is 6.66. The highest BCUT2D eigenvalue weighted by atomic mass is 35.5. The molecule has 5 aromatic rings. The van der Waals surface area contributed by atoms with E-state index in [1.807, 2.05) is 66.5 Å². The molecule has 1 aliphatic heterocycles. The maximum atomic E-state index is 12.8. The lowest BCUT2D eigenvalue weighted by Gasteiger charge is -2.12. The Labute approximate surface area is 244 Å². The summed E-state index contributed by atoms with van der Waals surface area (Å²) in [6.07, 6.45) is 2.95. The minimum atomic E-state index is -0.904. The van der Waals surface area contributed by atoms with Crippen LogP contribution in [0.3, 0.4) is 0 Å². The maximum absolute atomic E-state index is 12.8. The largest absolute Gasteiger partial charge is 0.493 e. The lowest BCUT2D eigenvalue weighted by Crippen LogP contribution is -2.12. The molecule has 3 aromatic carbocycles. The number of fused-ring (bicyclic) bond motifs is 3. The van der Waals surface area contributed by atoms with Crippen LogP contribution in [0.15, 0.2) is 48.5 Å². The van der Waals surface area contributed by atoms with Gasteiger partial charge in [-0.3, -0.25) is 4.68 Å². The zero-order chi connectivity index (χ0) is 28.7. The van der Waals surface area contributed by atoms with Crippen molar-refractivity contribution in [1.29, 1.82) is 0 Å². The van der Waals surface area contributed by atoms with Gasteiger partial charge in [0.05, 0.1) is 30.1 Å². The van der Waals surface area contributed by atoms with Gasteiger partial charge in [-0.25, -0.2) is 4.79 Å². The molecule has 0 unspecified atom stereocenters. The minimum absolute atomic E-state index is 0.367. The second kappa shape index (κ2) is 11.2. The normalized spacial score (nSPS) is 13.8. The molecule has 6 rings (SSSR count). The molecule has 1 aliphatic rings. The predicted octanol–water partition coefficient (Wildman–Crippen LogP) is 7.49. The summed E-state index contributed by atoms with van der Waals surface area (Å²) in [6, 6.07) is 16.0. The molecule has 0 saturated carbocycles. The highest BCUT2D eigenvalue weighted by Crippen LogP contribution is 2.39. The fourth-order valence-electron chi connectivity index (χ4n) is 6.38. The highest BCUT2D eigenvalue weighted by molar-refractivity contribution is 6.31. The molecule has 0 fully saturated rings. The van der Waals surface area contributed by atoms with Crippen molar-refractivity contribution in [1.82, 2.24) is 14.3 Å². The molecule has 7 nitrogen and oxygen atoms in total. The first-order valence-electron chi connectivity index (χ1n) is 14.1. The van der Waals surface area contributed by atoms with Crippen molar-refractivity contribution in [2.24, 2.45) is 7.05 Å². The summed E-state index contributed by atoms with van der Waals surface area (Å²) < 4.78 is 16.2. The molecule has 3 heterocycles. The monoisotopic (exact) mass is 571 g/mol. The van der Waals surface area contributed by atoms with E-state index in [0.29, 0.717) is 49.9 Å². The molecule has 0 saturated heterocycles. The first-order chi connectivity index (χ1) is 19.8. The molecule has 0 radical (unpaired) electrons. The second-order valence-corrected chi connectivity index (χ2v) is 11.2. The van der Waals surface area contributed by atoms with Gasteiger partial charge in [0.15, 0.2) is 0 Å². The van der Waals surface area contributed by atoms with Crippen molar-refractivity contribution in [3.05, 3.63) is 81.8 Å². The Bertz CT molecular complexity index is 1790. The zero-order valence-electron chi connectivity index (χ0n) is 23.7. The Morgan fingerprint density at radius 1 is 1.15 bits per heavy atom. The number of aromatic carboxylic acids is 1. The van der Waals surface area contributed by atoms with E-state index in [1.165, 1.54) is 0 Å². The summed E-state index contributed by atoms with van der Waals surface area (Å²) in [5.74, 6) is -0.0880. The molecular weight excluding hydrogens is 538 g/mol. The van der Waals surface area contributed by atoms with Gasteiger partial charge in [-0.05, 0) is 74.2 Å². The van der Waals surface area contributed by atoms with Crippen LogP contribution in [-0.4, -0.2) is 38.6 Å². The standard InChI is InChI=1S/C33H34ClN3O4/c1-20-17-23(34)18-22-9-6-13-28(29(20)22)41-16-8-12-25-24-10-7-11-26-30-21(2)35-36(3)27(30)19-40-15-5-4-14-37(31(24)26)32(25)33(38)39/h6-7,9-11,13,17-18H,4-5,8,12,14-16,19H2,1-3H3,(H,38,39). The Balaban J connectivity index is 1.38. The lowest BCUT2D eigenvalue weighted by molar-refractivity contribution is 0.0683. The van der Waals surface area contributed by atoms with Crippen LogP contribution in [0, 0.1) is 13.8 Å². The van der Waals surface area contributed by atoms with Crippen molar-refractivity contribution < 1.29 is 19.4 Å². The third-order valence-electron chi connectivity index (χ3n) is 8.09. The van der Waals surface area contributed by atoms with Gasteiger partial charge in [-0.1, -0.05) is 41.9 Å². The molecule has 212 valence electrons. The van der Waals surface area contributed by atoms with Crippen molar-refractivity contribution in [3.63, 3.8) is 0 Å². The van der Waals surface area contributed by atoms with Gasteiger partial charge in [-0.15, -0.1) is 0 Å². The summed E-state index contributed by atoms with van der Waals surface area (Å²) in [5, 5.41) is 19.0. The van der Waals surface area contributed by atoms with E-state index in [-0.39, 0.29) is 0 Å². The number of carboxylic acid groups (broad SMARTS) is 1. The van der Waals surface area contributed by atoms with E-state index in [9.17, 15) is 9.90 Å². The van der Waals surface area contributed by atoms with Crippen molar-refractivity contribution in [3.8, 4) is 16.9 Å². The molecule has 8 heteroatoms. The summed E-state index contributed by atoms with van der Waals surface area (Å²) in [6.45, 7) is 6.21. The van der Waals surface area contributed by atoms with Crippen LogP contribution < -0.4 is 4.74 Å². The molecule has 0 spiro atoms. The second-order valence-electron chi connectivity index (χ2n) is 10.8. The maximum Gasteiger partial charge on any atom is 0.352 e. The third kappa shape index (κ3) is 4.98. The summed E-state index contributed by atoms with van der Waals surface area (Å²) in [4.78, 5) is 12.8. The van der Waals surface area contributed by atoms with Gasteiger partial charge in [0.2, 0.25) is 0 Å². The molecule has 0 amide bonds. The smallest absolute Gasteiger partial charge is 0.352 e. The van der Waals surface area contributed by atoms with Crippen LogP contribution in [-0.2, 0) is 31.4 Å². The van der Waals surface area contributed by atoms with Gasteiger partial charge >= 0.3 is 5.97 Å². The number of para-hydroxylation sites is 1. The fraction of sp³-hybridized carbons (Fsp3) is 0.333. The van der Waals surface area contributed by atoms with Crippen molar-refractivity contribution >= 4 is 39.2 Å². The number of carboxylic acids is 1. The Morgan fingerprint density at radius 3 is 2.80 bits per heavy atom. The Hall–Kier alpha value is -3.81. The molecular formula is C33H34ClN3O4. The number of benzene rings is 3. The molecule has 0 bridgehead atoms. The predicted molar refractivity (Wildman–Crippen MR) is 162 cm³/mol. The van der Waals surface area contributed by atoms with Crippen LogP contribution in [0.4, 0.5) is 0 Å². The van der Waals surface area contributed by atoms with Crippen LogP contribution in [0.5, 0.6) is 5.75 Å². The molecule has 41 heavy (non-hydrogen) atoms. The van der Waals surface area contributed by atoms with E-state index < -0.39 is 5.97 Å². The number of rotatable bonds is 6. The van der Waals surface area contributed by atoms with E-state index in [4.69, 9.17) is 26.2 Å². The van der Waals surface area contributed by atoms with Gasteiger partial charge in [-0.2, -0.15) is 5.10 Å². The first kappa shape index (κ1) is 27.4. The SMILES string of the molecule is Cc1nn(C)c2c1-c1cccc3c(CCCOc4cccc5cc(Cl)cc(C)c45)c(C(=O)O)n(c13)CCCCOC2. The zero-order valence-corrected chi connectivity index (χ0v) is 24.4. The van der Waals surface area contributed by atoms with Crippen LogP contribution >= 0.6 is 11.6 Å².